The summed E-state index contributed by atoms with van der Waals surface area (Å²) in [6, 6.07) is 14.4. The van der Waals surface area contributed by atoms with Gasteiger partial charge in [0.2, 0.25) is 0 Å². The van der Waals surface area contributed by atoms with Crippen LogP contribution in [0, 0.1) is 0 Å². The molecular formula is C23H28N6O4S. The Morgan fingerprint density at radius 2 is 1.97 bits per heavy atom. The zero-order chi connectivity index (χ0) is 24.1. The summed E-state index contributed by atoms with van der Waals surface area (Å²) in [5.74, 6) is 0.590. The van der Waals surface area contributed by atoms with Crippen LogP contribution in [0.2, 0.25) is 0 Å². The highest BCUT2D eigenvalue weighted by Gasteiger charge is 2.33. The van der Waals surface area contributed by atoms with E-state index in [-0.39, 0.29) is 18.0 Å². The number of urea groups is 1. The number of nitrogens with one attached hydrogen (secondary N) is 2. The molecule has 2 amide bonds. The number of hydrogen-bond acceptors (Lipinski definition) is 7. The van der Waals surface area contributed by atoms with Gasteiger partial charge >= 0.3 is 6.03 Å². The van der Waals surface area contributed by atoms with Crippen LogP contribution in [0.15, 0.2) is 60.9 Å². The van der Waals surface area contributed by atoms with Gasteiger partial charge in [-0.1, -0.05) is 18.2 Å². The van der Waals surface area contributed by atoms with Crippen LogP contribution in [-0.2, 0) is 16.6 Å². The van der Waals surface area contributed by atoms with Gasteiger partial charge in [-0.2, -0.15) is 9.19 Å². The number of anilines is 1. The largest absolute Gasteiger partial charge is 0.495 e. The Labute approximate surface area is 199 Å². The number of likely N-dealkylation sites (tertiary alicyclic amines) is 1. The maximum atomic E-state index is 12.7. The fourth-order valence-electron chi connectivity index (χ4n) is 4.07. The monoisotopic (exact) mass is 484 g/mol. The molecule has 1 aliphatic heterocycles. The van der Waals surface area contributed by atoms with Crippen molar-refractivity contribution in [1.29, 1.82) is 0 Å². The van der Waals surface area contributed by atoms with Crippen molar-refractivity contribution in [3.63, 3.8) is 0 Å². The molecule has 3 heterocycles. The molecule has 1 fully saturated rings. The lowest BCUT2D eigenvalue weighted by Crippen LogP contribution is -2.50. The fraction of sp³-hybridized carbons (Fsp3) is 0.348. The van der Waals surface area contributed by atoms with Gasteiger partial charge in [-0.3, -0.25) is 9.88 Å². The first-order valence-electron chi connectivity index (χ1n) is 10.9. The van der Waals surface area contributed by atoms with E-state index in [1.54, 1.807) is 19.4 Å². The minimum Gasteiger partial charge on any atom is -0.495 e. The summed E-state index contributed by atoms with van der Waals surface area (Å²) in [7, 11) is -1.83. The van der Waals surface area contributed by atoms with Crippen LogP contribution in [0.25, 0.3) is 0 Å². The maximum absolute atomic E-state index is 12.7. The van der Waals surface area contributed by atoms with E-state index in [0.717, 1.165) is 21.7 Å². The third-order valence-electron chi connectivity index (χ3n) is 5.77. The molecule has 0 aliphatic carbocycles. The summed E-state index contributed by atoms with van der Waals surface area (Å²) < 4.78 is 29.7. The number of carbonyl (C=O) groups is 1. The Hall–Kier alpha value is -3.44. The SMILES string of the molecule is COc1ccc([C@@H]2CN(Cc3ccn(S(C)(=O)=O)n3)CC[C@H]2NC(=O)Nc2ccccc2)nc1. The molecule has 2 aromatic heterocycles. The van der Waals surface area contributed by atoms with Gasteiger partial charge in [0.05, 0.1) is 25.3 Å². The lowest BCUT2D eigenvalue weighted by molar-refractivity contribution is 0.165. The zero-order valence-corrected chi connectivity index (χ0v) is 19.9. The number of para-hydroxylation sites is 1. The summed E-state index contributed by atoms with van der Waals surface area (Å²) in [5.41, 5.74) is 2.23. The van der Waals surface area contributed by atoms with Crippen LogP contribution in [0.5, 0.6) is 5.75 Å². The number of ether oxygens (including phenoxy) is 1. The van der Waals surface area contributed by atoms with Crippen molar-refractivity contribution in [2.75, 3.05) is 31.8 Å². The molecule has 180 valence electrons. The number of aromatic nitrogens is 3. The van der Waals surface area contributed by atoms with Gasteiger partial charge in [-0.05, 0) is 36.8 Å². The average Bonchev–Trinajstić information content (AvgIpc) is 3.30. The number of benzene rings is 1. The predicted molar refractivity (Wildman–Crippen MR) is 128 cm³/mol. The normalized spacial score (nSPS) is 18.9. The Balaban J connectivity index is 1.48. The summed E-state index contributed by atoms with van der Waals surface area (Å²) in [6.45, 7) is 1.84. The van der Waals surface area contributed by atoms with E-state index in [1.807, 2.05) is 42.5 Å². The van der Waals surface area contributed by atoms with Gasteiger partial charge in [0.1, 0.15) is 5.75 Å². The summed E-state index contributed by atoms with van der Waals surface area (Å²) in [5, 5.41) is 10.2. The van der Waals surface area contributed by atoms with Crippen molar-refractivity contribution >= 4 is 21.7 Å². The average molecular weight is 485 g/mol. The van der Waals surface area contributed by atoms with E-state index in [0.29, 0.717) is 37.5 Å². The van der Waals surface area contributed by atoms with Crippen LogP contribution in [0.1, 0.15) is 23.7 Å². The molecule has 2 atom stereocenters. The van der Waals surface area contributed by atoms with E-state index >= 15 is 0 Å². The lowest BCUT2D eigenvalue weighted by Gasteiger charge is -2.38. The standard InChI is InChI=1S/C23H28N6O4S/c1-33-19-8-9-21(24-14-19)20-16-28(15-18-10-13-29(27-18)34(2,31)32)12-11-22(20)26-23(30)25-17-6-4-3-5-7-17/h3-10,13-14,20,22H,11-12,15-16H2,1-2H3,(H2,25,26,30)/t20-,22+/m0/s1. The van der Waals surface area contributed by atoms with Gasteiger partial charge in [-0.15, -0.1) is 0 Å². The fourth-order valence-corrected chi connectivity index (χ4v) is 4.60. The predicted octanol–water partition coefficient (Wildman–Crippen LogP) is 2.27. The minimum absolute atomic E-state index is 0.0711. The van der Waals surface area contributed by atoms with Crippen LogP contribution < -0.4 is 15.4 Å². The number of methoxy groups -OCH3 is 1. The van der Waals surface area contributed by atoms with Crippen molar-refractivity contribution in [3.8, 4) is 5.75 Å². The molecule has 11 heteroatoms. The van der Waals surface area contributed by atoms with Crippen LogP contribution in [0.3, 0.4) is 0 Å². The molecule has 0 bridgehead atoms. The number of piperidine rings is 1. The smallest absolute Gasteiger partial charge is 0.319 e. The number of hydrogen-bond donors (Lipinski definition) is 2. The molecule has 3 aromatic rings. The van der Waals surface area contributed by atoms with Crippen LogP contribution >= 0.6 is 0 Å². The second kappa shape index (κ2) is 10.2. The number of carbonyl (C=O) groups excluding carboxylic acids is 1. The maximum Gasteiger partial charge on any atom is 0.319 e. The van der Waals surface area contributed by atoms with Crippen molar-refractivity contribution < 1.29 is 17.9 Å². The highest BCUT2D eigenvalue weighted by Crippen LogP contribution is 2.28. The number of rotatable bonds is 7. The van der Waals surface area contributed by atoms with Gasteiger partial charge < -0.3 is 15.4 Å². The van der Waals surface area contributed by atoms with Gasteiger partial charge in [0.25, 0.3) is 10.0 Å². The third-order valence-corrected chi connectivity index (χ3v) is 6.65. The first-order chi connectivity index (χ1) is 16.3. The molecule has 4 rings (SSSR count). The molecule has 0 unspecified atom stereocenters. The summed E-state index contributed by atoms with van der Waals surface area (Å²) in [4.78, 5) is 19.4. The molecule has 0 saturated carbocycles. The Bertz CT molecular complexity index is 1210. The van der Waals surface area contributed by atoms with Crippen LogP contribution in [0.4, 0.5) is 10.5 Å². The Morgan fingerprint density at radius 1 is 1.18 bits per heavy atom. The minimum atomic E-state index is -3.42. The molecule has 1 aromatic carbocycles. The molecule has 10 nitrogen and oxygen atoms in total. The van der Waals surface area contributed by atoms with E-state index in [1.165, 1.54) is 6.20 Å². The molecule has 0 radical (unpaired) electrons. The van der Waals surface area contributed by atoms with E-state index in [9.17, 15) is 13.2 Å². The molecular weight excluding hydrogens is 456 g/mol. The van der Waals surface area contributed by atoms with Crippen molar-refractivity contribution in [3.05, 3.63) is 72.3 Å². The zero-order valence-electron chi connectivity index (χ0n) is 19.1. The van der Waals surface area contributed by atoms with E-state index in [4.69, 9.17) is 4.74 Å². The number of amides is 2. The first kappa shape index (κ1) is 23.7. The second-order valence-corrected chi connectivity index (χ2v) is 10.1. The van der Waals surface area contributed by atoms with E-state index in [2.05, 4.69) is 25.6 Å². The molecule has 0 spiro atoms. The topological polar surface area (TPSA) is 118 Å². The number of nitrogens with zero attached hydrogens (tertiary/aromatic N) is 4. The van der Waals surface area contributed by atoms with Gasteiger partial charge in [0.15, 0.2) is 0 Å². The quantitative estimate of drug-likeness (QED) is 0.528. The Morgan fingerprint density at radius 3 is 2.62 bits per heavy atom. The Kier molecular flexibility index (Phi) is 7.13. The van der Waals surface area contributed by atoms with E-state index < -0.39 is 10.0 Å². The van der Waals surface area contributed by atoms with Crippen molar-refractivity contribution in [1.82, 2.24) is 24.4 Å². The lowest BCUT2D eigenvalue weighted by atomic mass is 9.88. The highest BCUT2D eigenvalue weighted by molar-refractivity contribution is 7.89. The molecule has 2 N–H and O–H groups in total. The van der Waals surface area contributed by atoms with Crippen LogP contribution in [-0.4, -0.2) is 66.0 Å². The summed E-state index contributed by atoms with van der Waals surface area (Å²) >= 11 is 0. The number of pyridine rings is 1. The van der Waals surface area contributed by atoms with Crippen molar-refractivity contribution in [2.24, 2.45) is 0 Å². The third kappa shape index (κ3) is 5.91. The molecule has 1 saturated heterocycles. The molecule has 1 aliphatic rings. The van der Waals surface area contributed by atoms with Crippen molar-refractivity contribution in [2.45, 2.75) is 24.9 Å². The van der Waals surface area contributed by atoms with Gasteiger partial charge in [0, 0.05) is 49.2 Å². The summed E-state index contributed by atoms with van der Waals surface area (Å²) in [6.07, 6.45) is 4.94. The van der Waals surface area contributed by atoms with Gasteiger partial charge in [-0.25, -0.2) is 13.2 Å². The molecule has 34 heavy (non-hydrogen) atoms. The second-order valence-electron chi connectivity index (χ2n) is 8.27. The highest BCUT2D eigenvalue weighted by atomic mass is 32.2. The first-order valence-corrected chi connectivity index (χ1v) is 12.8.